The quantitative estimate of drug-likeness (QED) is 0.653. The topological polar surface area (TPSA) is 87.3 Å². The Morgan fingerprint density at radius 1 is 1.16 bits per heavy atom. The fraction of sp³-hybridized carbons (Fsp3) is 0.364. The zero-order valence-corrected chi connectivity index (χ0v) is 11.3. The van der Waals surface area contributed by atoms with Crippen LogP contribution in [-0.2, 0) is 16.6 Å². The summed E-state index contributed by atoms with van der Waals surface area (Å²) in [5.74, 6) is -0.333. The fourth-order valence-electron chi connectivity index (χ4n) is 1.26. The van der Waals surface area contributed by atoms with Gasteiger partial charge in [-0.15, -0.1) is 0 Å². The van der Waals surface area contributed by atoms with E-state index >= 15 is 0 Å². The molecule has 0 aromatic heterocycles. The Balaban J connectivity index is 2.19. The Labute approximate surface area is 111 Å². The van der Waals surface area contributed by atoms with Crippen molar-refractivity contribution < 1.29 is 17.6 Å². The fourth-order valence-corrected chi connectivity index (χ4v) is 1.73. The van der Waals surface area contributed by atoms with Crippen LogP contribution in [0.25, 0.3) is 0 Å². The average molecular weight is 289 g/mol. The number of amides is 2. The summed E-state index contributed by atoms with van der Waals surface area (Å²) in [5, 5.41) is 5.05. The third-order valence-corrected chi connectivity index (χ3v) is 2.87. The molecule has 0 atom stereocenters. The van der Waals surface area contributed by atoms with E-state index in [9.17, 15) is 17.6 Å². The molecule has 0 aliphatic rings. The van der Waals surface area contributed by atoms with E-state index in [0.29, 0.717) is 0 Å². The van der Waals surface area contributed by atoms with Crippen LogP contribution in [0.15, 0.2) is 24.3 Å². The molecule has 0 saturated carbocycles. The maximum absolute atomic E-state index is 12.6. The van der Waals surface area contributed by atoms with Gasteiger partial charge in [-0.3, -0.25) is 0 Å². The van der Waals surface area contributed by atoms with E-state index in [1.807, 2.05) is 0 Å². The van der Waals surface area contributed by atoms with Crippen molar-refractivity contribution in [1.29, 1.82) is 0 Å². The van der Waals surface area contributed by atoms with E-state index in [4.69, 9.17) is 0 Å². The zero-order valence-electron chi connectivity index (χ0n) is 10.4. The van der Waals surface area contributed by atoms with Crippen molar-refractivity contribution in [3.05, 3.63) is 35.6 Å². The number of carbonyl (C=O) groups excluding carboxylic acids is 1. The van der Waals surface area contributed by atoms with E-state index in [0.717, 1.165) is 11.8 Å². The van der Waals surface area contributed by atoms with Gasteiger partial charge >= 0.3 is 6.03 Å². The molecular weight excluding hydrogens is 273 g/mol. The second-order valence-electron chi connectivity index (χ2n) is 3.90. The van der Waals surface area contributed by atoms with Crippen LogP contribution in [0.2, 0.25) is 0 Å². The lowest BCUT2D eigenvalue weighted by atomic mass is 10.2. The minimum absolute atomic E-state index is 0.128. The van der Waals surface area contributed by atoms with Gasteiger partial charge in [-0.2, -0.15) is 0 Å². The van der Waals surface area contributed by atoms with Gasteiger partial charge in [0.1, 0.15) is 5.82 Å². The summed E-state index contributed by atoms with van der Waals surface area (Å²) >= 11 is 0. The number of nitrogens with one attached hydrogen (secondary N) is 3. The number of urea groups is 1. The molecule has 106 valence electrons. The lowest BCUT2D eigenvalue weighted by Crippen LogP contribution is -2.39. The predicted molar refractivity (Wildman–Crippen MR) is 69.5 cm³/mol. The van der Waals surface area contributed by atoms with Gasteiger partial charge in [0.2, 0.25) is 10.0 Å². The molecule has 3 N–H and O–H groups in total. The molecule has 0 spiro atoms. The summed E-state index contributed by atoms with van der Waals surface area (Å²) < 4.78 is 36.4. The number of benzene rings is 1. The van der Waals surface area contributed by atoms with Crippen molar-refractivity contribution in [2.75, 3.05) is 19.3 Å². The van der Waals surface area contributed by atoms with E-state index in [1.54, 1.807) is 12.1 Å². The number of hydrogen-bond donors (Lipinski definition) is 3. The van der Waals surface area contributed by atoms with Gasteiger partial charge in [-0.25, -0.2) is 22.3 Å². The van der Waals surface area contributed by atoms with Crippen LogP contribution < -0.4 is 15.4 Å². The molecule has 0 bridgehead atoms. The van der Waals surface area contributed by atoms with Crippen LogP contribution in [0.4, 0.5) is 9.18 Å². The van der Waals surface area contributed by atoms with Crippen LogP contribution in [-0.4, -0.2) is 33.8 Å². The van der Waals surface area contributed by atoms with Crippen LogP contribution in [0.5, 0.6) is 0 Å². The second kappa shape index (κ2) is 7.05. The molecule has 1 rings (SSSR count). The molecule has 0 unspecified atom stereocenters. The highest BCUT2D eigenvalue weighted by Crippen LogP contribution is 2.01. The number of halogens is 1. The Morgan fingerprint density at radius 3 is 2.37 bits per heavy atom. The van der Waals surface area contributed by atoms with E-state index in [-0.39, 0.29) is 25.5 Å². The summed E-state index contributed by atoms with van der Waals surface area (Å²) in [6, 6.07) is 5.34. The number of carbonyl (C=O) groups is 1. The van der Waals surface area contributed by atoms with Crippen LogP contribution in [0, 0.1) is 5.82 Å². The smallest absolute Gasteiger partial charge is 0.315 e. The second-order valence-corrected chi connectivity index (χ2v) is 5.74. The predicted octanol–water partition coefficient (Wildman–Crippen LogP) is 0.174. The van der Waals surface area contributed by atoms with Gasteiger partial charge < -0.3 is 10.6 Å². The molecule has 0 heterocycles. The standard InChI is InChI=1S/C11H16FN3O3S/c1-19(17,18)15-7-6-13-11(16)14-8-9-2-4-10(12)5-3-9/h2-5,15H,6-8H2,1H3,(H2,13,14,16). The molecule has 6 nitrogen and oxygen atoms in total. The molecule has 19 heavy (non-hydrogen) atoms. The molecule has 0 aliphatic carbocycles. The Bertz CT molecular complexity index is 516. The normalized spacial score (nSPS) is 11.1. The largest absolute Gasteiger partial charge is 0.337 e. The Kier molecular flexibility index (Phi) is 5.71. The van der Waals surface area contributed by atoms with E-state index in [2.05, 4.69) is 15.4 Å². The van der Waals surface area contributed by atoms with Crippen LogP contribution in [0.1, 0.15) is 5.56 Å². The van der Waals surface area contributed by atoms with Crippen LogP contribution >= 0.6 is 0 Å². The number of rotatable bonds is 6. The average Bonchev–Trinajstić information content (AvgIpc) is 2.33. The first-order valence-corrected chi connectivity index (χ1v) is 7.47. The summed E-state index contributed by atoms with van der Waals surface area (Å²) in [5.41, 5.74) is 0.769. The molecule has 0 radical (unpaired) electrons. The van der Waals surface area contributed by atoms with Crippen molar-refractivity contribution in [1.82, 2.24) is 15.4 Å². The van der Waals surface area contributed by atoms with Gasteiger partial charge in [-0.1, -0.05) is 12.1 Å². The first kappa shape index (κ1) is 15.4. The first-order chi connectivity index (χ1) is 8.87. The summed E-state index contributed by atoms with van der Waals surface area (Å²) in [7, 11) is -3.24. The molecular formula is C11H16FN3O3S. The molecule has 0 aliphatic heterocycles. The third-order valence-electron chi connectivity index (χ3n) is 2.14. The minimum Gasteiger partial charge on any atom is -0.337 e. The minimum atomic E-state index is -3.24. The monoisotopic (exact) mass is 289 g/mol. The lowest BCUT2D eigenvalue weighted by Gasteiger charge is -2.08. The number of sulfonamides is 1. The highest BCUT2D eigenvalue weighted by atomic mass is 32.2. The number of hydrogen-bond acceptors (Lipinski definition) is 3. The highest BCUT2D eigenvalue weighted by molar-refractivity contribution is 7.88. The summed E-state index contributed by atoms with van der Waals surface area (Å²) in [6.07, 6.45) is 1.04. The lowest BCUT2D eigenvalue weighted by molar-refractivity contribution is 0.240. The SMILES string of the molecule is CS(=O)(=O)NCCNC(=O)NCc1ccc(F)cc1. The molecule has 8 heteroatoms. The maximum atomic E-state index is 12.6. The Hall–Kier alpha value is -1.67. The maximum Gasteiger partial charge on any atom is 0.315 e. The van der Waals surface area contributed by atoms with Gasteiger partial charge in [0.15, 0.2) is 0 Å². The van der Waals surface area contributed by atoms with Crippen molar-refractivity contribution in [3.8, 4) is 0 Å². The van der Waals surface area contributed by atoms with Gasteiger partial charge in [0.05, 0.1) is 6.26 Å². The van der Waals surface area contributed by atoms with Gasteiger partial charge in [0.25, 0.3) is 0 Å². The zero-order chi connectivity index (χ0) is 14.3. The molecule has 1 aromatic carbocycles. The molecule has 0 saturated heterocycles. The van der Waals surface area contributed by atoms with Crippen LogP contribution in [0.3, 0.4) is 0 Å². The van der Waals surface area contributed by atoms with Gasteiger partial charge in [-0.05, 0) is 17.7 Å². The molecule has 0 fully saturated rings. The highest BCUT2D eigenvalue weighted by Gasteiger charge is 2.02. The van der Waals surface area contributed by atoms with E-state index < -0.39 is 16.1 Å². The van der Waals surface area contributed by atoms with Crippen molar-refractivity contribution in [2.24, 2.45) is 0 Å². The summed E-state index contributed by atoms with van der Waals surface area (Å²) in [4.78, 5) is 11.3. The van der Waals surface area contributed by atoms with E-state index in [1.165, 1.54) is 12.1 Å². The van der Waals surface area contributed by atoms with Crippen molar-refractivity contribution >= 4 is 16.1 Å². The first-order valence-electron chi connectivity index (χ1n) is 5.57. The summed E-state index contributed by atoms with van der Waals surface area (Å²) in [6.45, 7) is 0.580. The third kappa shape index (κ3) is 7.37. The molecule has 1 aromatic rings. The van der Waals surface area contributed by atoms with Crippen molar-refractivity contribution in [3.63, 3.8) is 0 Å². The van der Waals surface area contributed by atoms with Gasteiger partial charge in [0, 0.05) is 19.6 Å². The van der Waals surface area contributed by atoms with Crippen molar-refractivity contribution in [2.45, 2.75) is 6.54 Å². The molecule has 2 amide bonds. The Morgan fingerprint density at radius 2 is 1.79 bits per heavy atom.